The normalized spacial score (nSPS) is 11.8. The number of hydrogen-bond acceptors (Lipinski definition) is 3. The first kappa shape index (κ1) is 28.8. The van der Waals surface area contributed by atoms with Crippen molar-refractivity contribution in [1.82, 2.24) is 10.2 Å². The Labute approximate surface area is 230 Å². The molecule has 3 aromatic rings. The van der Waals surface area contributed by atoms with E-state index >= 15 is 0 Å². The number of carbonyl (C=O) groups excluding carboxylic acids is 2. The predicted octanol–water partition coefficient (Wildman–Crippen LogP) is 6.60. The number of hydrogen-bond donors (Lipinski definition) is 1. The minimum Gasteiger partial charge on any atom is -0.354 e. The molecule has 1 N–H and O–H groups in total. The van der Waals surface area contributed by atoms with Crippen LogP contribution in [-0.2, 0) is 28.3 Å². The van der Waals surface area contributed by atoms with Gasteiger partial charge in [0.2, 0.25) is 11.8 Å². The van der Waals surface area contributed by atoms with E-state index in [9.17, 15) is 9.59 Å². The molecule has 0 heterocycles. The predicted molar refractivity (Wildman–Crippen MR) is 156 cm³/mol. The highest BCUT2D eigenvalue weighted by atomic mass is 35.5. The molecule has 0 unspecified atom stereocenters. The van der Waals surface area contributed by atoms with Crippen molar-refractivity contribution < 1.29 is 9.59 Å². The zero-order chi connectivity index (χ0) is 26.8. The maximum atomic E-state index is 13.7. The highest BCUT2D eigenvalue weighted by molar-refractivity contribution is 7.99. The van der Waals surface area contributed by atoms with Crippen molar-refractivity contribution >= 4 is 35.2 Å². The fraction of sp³-hybridized carbons (Fsp3) is 0.355. The molecule has 196 valence electrons. The molecule has 0 saturated heterocycles. The van der Waals surface area contributed by atoms with Crippen LogP contribution in [-0.4, -0.2) is 35.1 Å². The molecule has 0 aliphatic rings. The van der Waals surface area contributed by atoms with Crippen LogP contribution in [0, 0.1) is 19.8 Å². The number of nitrogens with zero attached hydrogens (tertiary/aromatic N) is 1. The number of nitrogens with one attached hydrogen (secondary N) is 1. The van der Waals surface area contributed by atoms with Crippen molar-refractivity contribution in [2.75, 3.05) is 12.3 Å². The first-order chi connectivity index (χ1) is 17.7. The maximum Gasteiger partial charge on any atom is 0.243 e. The molecule has 0 aliphatic heterocycles. The van der Waals surface area contributed by atoms with Crippen LogP contribution >= 0.6 is 23.4 Å². The molecule has 0 spiro atoms. The van der Waals surface area contributed by atoms with Gasteiger partial charge in [0.05, 0.1) is 5.75 Å². The number of carbonyl (C=O) groups is 2. The fourth-order valence-electron chi connectivity index (χ4n) is 4.30. The number of amides is 2. The van der Waals surface area contributed by atoms with Crippen LogP contribution < -0.4 is 5.32 Å². The third-order valence-corrected chi connectivity index (χ3v) is 7.20. The Balaban J connectivity index is 1.85. The van der Waals surface area contributed by atoms with Crippen LogP contribution in [0.2, 0.25) is 5.02 Å². The molecule has 0 fully saturated rings. The SMILES string of the molecule is Cc1cc(C)cc(CSCC(=O)N(Cc2cccc(Cl)c2)[C@@H](Cc2ccccc2)C(=O)NCC(C)C)c1. The molecule has 0 aliphatic carbocycles. The number of benzene rings is 3. The summed E-state index contributed by atoms with van der Waals surface area (Å²) in [5.74, 6) is 1.15. The second-order valence-corrected chi connectivity index (χ2v) is 11.4. The standard InChI is InChI=1S/C31H37ClN2O2S/c1-22(2)18-33-31(36)29(17-25-9-6-5-7-10-25)34(19-26-11-8-12-28(32)16-26)30(35)21-37-20-27-14-23(3)13-24(4)15-27/h5-16,22,29H,17-21H2,1-4H3,(H,33,36)/t29-/m0/s1. The molecule has 4 nitrogen and oxygen atoms in total. The molecule has 3 rings (SSSR count). The molecule has 0 radical (unpaired) electrons. The third kappa shape index (κ3) is 9.56. The fourth-order valence-corrected chi connectivity index (χ4v) is 5.36. The summed E-state index contributed by atoms with van der Waals surface area (Å²) in [4.78, 5) is 28.9. The molecule has 1 atom stereocenters. The average Bonchev–Trinajstić information content (AvgIpc) is 2.84. The minimum atomic E-state index is -0.630. The van der Waals surface area contributed by atoms with Gasteiger partial charge in [0.25, 0.3) is 0 Å². The number of halogens is 1. The monoisotopic (exact) mass is 536 g/mol. The summed E-state index contributed by atoms with van der Waals surface area (Å²) in [5, 5.41) is 3.67. The first-order valence-electron chi connectivity index (χ1n) is 12.7. The summed E-state index contributed by atoms with van der Waals surface area (Å²) in [5.41, 5.74) is 5.55. The summed E-state index contributed by atoms with van der Waals surface area (Å²) in [6.45, 7) is 9.17. The van der Waals surface area contributed by atoms with Gasteiger partial charge in [-0.2, -0.15) is 0 Å². The van der Waals surface area contributed by atoms with Crippen molar-refractivity contribution in [3.8, 4) is 0 Å². The van der Waals surface area contributed by atoms with E-state index in [2.05, 4.69) is 51.2 Å². The second-order valence-electron chi connectivity index (χ2n) is 9.98. The Morgan fingerprint density at radius 1 is 0.892 bits per heavy atom. The van der Waals surface area contributed by atoms with Crippen molar-refractivity contribution in [2.24, 2.45) is 5.92 Å². The van der Waals surface area contributed by atoms with E-state index < -0.39 is 6.04 Å². The van der Waals surface area contributed by atoms with Crippen LogP contribution in [0.1, 0.15) is 41.7 Å². The van der Waals surface area contributed by atoms with E-state index in [0.717, 1.165) is 16.9 Å². The largest absolute Gasteiger partial charge is 0.354 e. The van der Waals surface area contributed by atoms with Gasteiger partial charge >= 0.3 is 0 Å². The Morgan fingerprint density at radius 2 is 1.57 bits per heavy atom. The highest BCUT2D eigenvalue weighted by Crippen LogP contribution is 2.21. The molecule has 0 aromatic heterocycles. The first-order valence-corrected chi connectivity index (χ1v) is 14.2. The lowest BCUT2D eigenvalue weighted by atomic mass is 10.0. The number of aryl methyl sites for hydroxylation is 2. The van der Waals surface area contributed by atoms with E-state index in [1.54, 1.807) is 16.7 Å². The molecule has 0 saturated carbocycles. The summed E-state index contributed by atoms with van der Waals surface area (Å²) < 4.78 is 0. The summed E-state index contributed by atoms with van der Waals surface area (Å²) >= 11 is 7.83. The summed E-state index contributed by atoms with van der Waals surface area (Å²) in [6.07, 6.45) is 0.443. The van der Waals surface area contributed by atoms with E-state index in [-0.39, 0.29) is 17.6 Å². The maximum absolute atomic E-state index is 13.7. The van der Waals surface area contributed by atoms with Gasteiger partial charge in [-0.15, -0.1) is 11.8 Å². The van der Waals surface area contributed by atoms with Crippen molar-refractivity contribution in [3.63, 3.8) is 0 Å². The Kier molecular flexibility index (Phi) is 11.1. The average molecular weight is 537 g/mol. The Bertz CT molecular complexity index is 1160. The van der Waals surface area contributed by atoms with Gasteiger partial charge in [-0.25, -0.2) is 0 Å². The Hall–Kier alpha value is -2.76. The Morgan fingerprint density at radius 3 is 2.22 bits per heavy atom. The summed E-state index contributed by atoms with van der Waals surface area (Å²) in [7, 11) is 0. The number of thioether (sulfide) groups is 1. The minimum absolute atomic E-state index is 0.0602. The lowest BCUT2D eigenvalue weighted by Crippen LogP contribution is -2.51. The topological polar surface area (TPSA) is 49.4 Å². The van der Waals surface area contributed by atoms with Crippen molar-refractivity contribution in [2.45, 2.75) is 52.5 Å². The van der Waals surface area contributed by atoms with E-state index in [1.807, 2.05) is 54.6 Å². The smallest absolute Gasteiger partial charge is 0.243 e. The van der Waals surface area contributed by atoms with Crippen LogP contribution in [0.5, 0.6) is 0 Å². The highest BCUT2D eigenvalue weighted by Gasteiger charge is 2.30. The molecule has 2 amide bonds. The van der Waals surface area contributed by atoms with Gasteiger partial charge in [-0.1, -0.05) is 97.2 Å². The summed E-state index contributed by atoms with van der Waals surface area (Å²) in [6, 6.07) is 23.2. The van der Waals surface area contributed by atoms with Crippen LogP contribution in [0.25, 0.3) is 0 Å². The molecular formula is C31H37ClN2O2S. The van der Waals surface area contributed by atoms with Crippen LogP contribution in [0.15, 0.2) is 72.8 Å². The van der Waals surface area contributed by atoms with Gasteiger partial charge < -0.3 is 10.2 Å². The quantitative estimate of drug-likeness (QED) is 0.283. The molecular weight excluding hydrogens is 500 g/mol. The van der Waals surface area contributed by atoms with Crippen molar-refractivity contribution in [1.29, 1.82) is 0 Å². The zero-order valence-electron chi connectivity index (χ0n) is 22.2. The van der Waals surface area contributed by atoms with E-state index in [4.69, 9.17) is 11.6 Å². The van der Waals surface area contributed by atoms with Crippen LogP contribution in [0.3, 0.4) is 0 Å². The third-order valence-electron chi connectivity index (χ3n) is 5.97. The number of rotatable bonds is 12. The van der Waals surface area contributed by atoms with Gasteiger partial charge in [0.15, 0.2) is 0 Å². The molecule has 37 heavy (non-hydrogen) atoms. The van der Waals surface area contributed by atoms with Crippen LogP contribution in [0.4, 0.5) is 0 Å². The molecule has 3 aromatic carbocycles. The zero-order valence-corrected chi connectivity index (χ0v) is 23.7. The van der Waals surface area contributed by atoms with E-state index in [1.165, 1.54) is 16.7 Å². The van der Waals surface area contributed by atoms with Gasteiger partial charge in [-0.3, -0.25) is 9.59 Å². The van der Waals surface area contributed by atoms with Gasteiger partial charge in [0, 0.05) is 30.3 Å². The second kappa shape index (κ2) is 14.3. The lowest BCUT2D eigenvalue weighted by Gasteiger charge is -2.32. The van der Waals surface area contributed by atoms with Gasteiger partial charge in [0.1, 0.15) is 6.04 Å². The molecule has 6 heteroatoms. The lowest BCUT2D eigenvalue weighted by molar-refractivity contribution is -0.139. The van der Waals surface area contributed by atoms with E-state index in [0.29, 0.717) is 30.5 Å². The molecule has 0 bridgehead atoms. The van der Waals surface area contributed by atoms with Crippen molar-refractivity contribution in [3.05, 3.63) is 106 Å². The van der Waals surface area contributed by atoms with Gasteiger partial charge in [-0.05, 0) is 48.6 Å².